The Morgan fingerprint density at radius 1 is 0.538 bits per heavy atom. The van der Waals surface area contributed by atoms with Gasteiger partial charge in [0.2, 0.25) is 65.1 Å². The average Bonchev–Trinajstić information content (AvgIpc) is 0.984. The quantitative estimate of drug-likeness (QED) is 0.0692. The lowest BCUT2D eigenvalue weighted by Crippen LogP contribution is -2.64. The zero-order valence-corrected chi connectivity index (χ0v) is 59.3. The molecule has 26 heteroatoms. The second kappa shape index (κ2) is 36.5. The van der Waals surface area contributed by atoms with Gasteiger partial charge >= 0.3 is 5.97 Å². The predicted molar refractivity (Wildman–Crippen MR) is 345 cm³/mol. The molecule has 11 amide bonds. The maximum Gasteiger partial charge on any atom is 0.338 e. The first-order chi connectivity index (χ1) is 41.9. The monoisotopic (exact) mass is 1290 g/mol. The highest BCUT2D eigenvalue weighted by Gasteiger charge is 2.48. The van der Waals surface area contributed by atoms with E-state index >= 15 is 14.4 Å². The highest BCUT2D eigenvalue weighted by Crippen LogP contribution is 2.26. The van der Waals surface area contributed by atoms with Gasteiger partial charge in [-0.25, -0.2) is 4.79 Å². The molecule has 0 bridgehead atoms. The molecular formula is C65H115N11O15. The van der Waals surface area contributed by atoms with E-state index in [9.17, 15) is 53.4 Å². The minimum absolute atomic E-state index is 0.0391. The van der Waals surface area contributed by atoms with E-state index < -0.39 is 173 Å². The minimum Gasteiger partial charge on any atom is -0.467 e. The Morgan fingerprint density at radius 2 is 1.00 bits per heavy atom. The highest BCUT2D eigenvalue weighted by molar-refractivity contribution is 6.07. The summed E-state index contributed by atoms with van der Waals surface area (Å²) < 4.78 is 5.06. The fourth-order valence-electron chi connectivity index (χ4n) is 11.2. The van der Waals surface area contributed by atoms with Crippen molar-refractivity contribution in [1.29, 1.82) is 0 Å². The van der Waals surface area contributed by atoms with E-state index in [1.165, 1.54) is 84.6 Å². The molecule has 1 saturated heterocycles. The summed E-state index contributed by atoms with van der Waals surface area (Å²) in [5.74, 6) is -12.8. The molecule has 0 radical (unpaired) electrons. The summed E-state index contributed by atoms with van der Waals surface area (Å²) in [5, 5.41) is 34.1. The number of methoxy groups -OCH3 is 1. The van der Waals surface area contributed by atoms with Crippen LogP contribution in [0.3, 0.4) is 0 Å². The number of hydrogen-bond donors (Lipinski definition) is 6. The van der Waals surface area contributed by atoms with Crippen molar-refractivity contribution in [3.05, 3.63) is 12.2 Å². The first-order valence-corrected chi connectivity index (χ1v) is 32.1. The van der Waals surface area contributed by atoms with Gasteiger partial charge in [0, 0.05) is 55.8 Å². The number of allylic oxidation sites excluding steroid dienone is 2. The van der Waals surface area contributed by atoms with Gasteiger partial charge < -0.3 is 70.5 Å². The van der Waals surface area contributed by atoms with Crippen molar-refractivity contribution in [2.75, 3.05) is 56.4 Å². The van der Waals surface area contributed by atoms with Crippen molar-refractivity contribution >= 4 is 70.9 Å². The van der Waals surface area contributed by atoms with E-state index in [0.717, 1.165) is 40.8 Å². The normalized spacial score (nSPS) is 26.8. The molecule has 1 fully saturated rings. The van der Waals surface area contributed by atoms with Crippen molar-refractivity contribution in [3.8, 4) is 0 Å². The molecule has 0 saturated carbocycles. The number of aliphatic hydroxyl groups excluding tert-OH is 1. The van der Waals surface area contributed by atoms with Gasteiger partial charge in [0.05, 0.1) is 18.8 Å². The molecule has 0 aromatic rings. The van der Waals surface area contributed by atoms with E-state index in [1.54, 1.807) is 53.7 Å². The number of amides is 11. The standard InChI is InChI=1S/C65H115N11O15/c1-26-28-29-40(13)52(77)50-56(81)68-43(27-2)58(83)76(24)51(64(89)91-25)63(88)73(21)47(34-65(16,17)90)55(80)69-48(38(9)10)61(86)70(18)44(31-30-35(3)4)54(79)66-41(14)53(78)67-42(15)57(82)71(19)45(32-36(5)6)59(84)72(20)46(33-37(7)8)60(85)74(22)49(39(11)12)62(87)75(50)23/h26,28,35-52,77,90H,27,29-34H2,1-25H3,(H,66,79)(H,67,78)(H,68,81)(H,69,80)/b28-26+/t40-,41-,42+,43+,44-,45+,46+,47+,48-,49+,50+,51?,52-/m1/s1. The molecule has 0 aliphatic carbocycles. The summed E-state index contributed by atoms with van der Waals surface area (Å²) in [6.45, 7) is 28.4. The van der Waals surface area contributed by atoms with E-state index in [1.807, 2.05) is 41.5 Å². The van der Waals surface area contributed by atoms with Crippen molar-refractivity contribution < 1.29 is 72.5 Å². The highest BCUT2D eigenvalue weighted by atomic mass is 16.5. The van der Waals surface area contributed by atoms with Gasteiger partial charge in [-0.1, -0.05) is 95.2 Å². The number of nitrogens with zero attached hydrogens (tertiary/aromatic N) is 7. The zero-order valence-electron chi connectivity index (χ0n) is 59.3. The van der Waals surface area contributed by atoms with Crippen molar-refractivity contribution in [3.63, 3.8) is 0 Å². The Labute approximate surface area is 542 Å². The fraction of sp³-hybridized carbons (Fsp3) is 0.785. The van der Waals surface area contributed by atoms with Crippen LogP contribution in [0.2, 0.25) is 0 Å². The molecule has 1 rings (SSSR count). The Morgan fingerprint density at radius 3 is 1.45 bits per heavy atom. The van der Waals surface area contributed by atoms with Gasteiger partial charge in [0.25, 0.3) is 5.91 Å². The van der Waals surface area contributed by atoms with Gasteiger partial charge in [-0.2, -0.15) is 0 Å². The first-order valence-electron chi connectivity index (χ1n) is 32.1. The summed E-state index contributed by atoms with van der Waals surface area (Å²) >= 11 is 0. The van der Waals surface area contributed by atoms with Crippen LogP contribution < -0.4 is 21.3 Å². The van der Waals surface area contributed by atoms with Crippen LogP contribution in [0.4, 0.5) is 0 Å². The largest absolute Gasteiger partial charge is 0.467 e. The molecular weight excluding hydrogens is 1170 g/mol. The molecule has 0 aromatic carbocycles. The number of esters is 1. The topological polar surface area (TPSA) is 325 Å². The third kappa shape index (κ3) is 22.8. The number of likely N-dealkylation sites (N-methyl/N-ethyl adjacent to an activating group) is 7. The maximum atomic E-state index is 15.2. The summed E-state index contributed by atoms with van der Waals surface area (Å²) in [6, 6.07) is -16.0. The number of nitrogens with one attached hydrogen (secondary N) is 4. The van der Waals surface area contributed by atoms with Crippen LogP contribution in [0.5, 0.6) is 0 Å². The Hall–Kier alpha value is -6.70. The molecule has 520 valence electrons. The van der Waals surface area contributed by atoms with Gasteiger partial charge in [0.1, 0.15) is 60.4 Å². The fourth-order valence-corrected chi connectivity index (χ4v) is 11.2. The van der Waals surface area contributed by atoms with E-state index in [2.05, 4.69) is 21.3 Å². The number of aliphatic hydroxyl groups is 2. The van der Waals surface area contributed by atoms with Crippen molar-refractivity contribution in [2.45, 2.75) is 241 Å². The Bertz CT molecular complexity index is 2550. The molecule has 1 unspecified atom stereocenters. The molecule has 1 aliphatic rings. The van der Waals surface area contributed by atoms with Crippen LogP contribution in [0, 0.1) is 35.5 Å². The molecule has 0 spiro atoms. The molecule has 13 atom stereocenters. The third-order valence-electron chi connectivity index (χ3n) is 17.0. The third-order valence-corrected chi connectivity index (χ3v) is 17.0. The number of hydrogen-bond acceptors (Lipinski definition) is 15. The second-order valence-corrected chi connectivity index (χ2v) is 27.4. The van der Waals surface area contributed by atoms with Gasteiger partial charge in [-0.15, -0.1) is 0 Å². The van der Waals surface area contributed by atoms with Crippen LogP contribution in [0.25, 0.3) is 0 Å². The molecule has 91 heavy (non-hydrogen) atoms. The Balaban J connectivity index is 4.54. The number of carbonyl (C=O) groups is 12. The van der Waals surface area contributed by atoms with E-state index in [-0.39, 0.29) is 49.9 Å². The summed E-state index contributed by atoms with van der Waals surface area (Å²) in [5.41, 5.74) is -1.69. The summed E-state index contributed by atoms with van der Waals surface area (Å²) in [7, 11) is 10.1. The lowest BCUT2D eigenvalue weighted by Gasteiger charge is -2.41. The Kier molecular flexibility index (Phi) is 33.0. The van der Waals surface area contributed by atoms with Crippen LogP contribution in [-0.4, -0.2) is 250 Å². The van der Waals surface area contributed by atoms with Crippen LogP contribution in [0.15, 0.2) is 12.2 Å². The van der Waals surface area contributed by atoms with Gasteiger partial charge in [0.15, 0.2) is 0 Å². The zero-order chi connectivity index (χ0) is 70.8. The molecule has 0 aromatic heterocycles. The molecule has 1 heterocycles. The predicted octanol–water partition coefficient (Wildman–Crippen LogP) is 2.32. The summed E-state index contributed by atoms with van der Waals surface area (Å²) in [6.07, 6.45) is 2.24. The van der Waals surface area contributed by atoms with Crippen molar-refractivity contribution in [2.24, 2.45) is 35.5 Å². The average molecular weight is 1290 g/mol. The lowest BCUT2D eigenvalue weighted by atomic mass is 9.91. The summed E-state index contributed by atoms with van der Waals surface area (Å²) in [4.78, 5) is 184. The number of carbonyl (C=O) groups excluding carboxylic acids is 12. The SMILES string of the molecule is C/C=C/C[C@@H](C)[C@@H](O)[C@H]1C(=O)N[C@@H](CC)C(=O)N(C)C(C(=O)OC)C(=O)N(C)[C@@H](CC(C)(C)O)C(=O)N[C@H](C(C)C)C(=O)N(C)[C@H](CCC(C)C)C(=O)N[C@H](C)C(=O)N[C@@H](C)C(=O)N(C)[C@@H](CC(C)C)C(=O)N(C)[C@@H](CC(C)C)C(=O)N(C)[C@@H](C(C)C)C(=O)N1C. The van der Waals surface area contributed by atoms with E-state index in [4.69, 9.17) is 4.74 Å². The van der Waals surface area contributed by atoms with Crippen LogP contribution in [0.1, 0.15) is 163 Å². The first kappa shape index (κ1) is 82.3. The smallest absolute Gasteiger partial charge is 0.338 e. The molecule has 1 aliphatic heterocycles. The lowest BCUT2D eigenvalue weighted by molar-refractivity contribution is -0.162. The molecule has 26 nitrogen and oxygen atoms in total. The van der Waals surface area contributed by atoms with Crippen LogP contribution in [-0.2, 0) is 62.3 Å². The van der Waals surface area contributed by atoms with Gasteiger partial charge in [-0.3, -0.25) is 52.7 Å². The van der Waals surface area contributed by atoms with Crippen molar-refractivity contribution in [1.82, 2.24) is 55.6 Å². The maximum absolute atomic E-state index is 15.2. The minimum atomic E-state index is -2.13. The number of ether oxygens (including phenoxy) is 1. The van der Waals surface area contributed by atoms with Gasteiger partial charge in [-0.05, 0) is 109 Å². The van der Waals surface area contributed by atoms with Crippen LogP contribution >= 0.6 is 0 Å². The van der Waals surface area contributed by atoms with E-state index in [0.29, 0.717) is 6.42 Å². The number of rotatable bonds is 17. The second-order valence-electron chi connectivity index (χ2n) is 27.4. The molecule has 6 N–H and O–H groups in total.